The van der Waals surface area contributed by atoms with Crippen LogP contribution >= 0.6 is 11.8 Å². The fraction of sp³-hybridized carbons (Fsp3) is 0.435. The monoisotopic (exact) mass is 413 g/mol. The molecule has 2 rings (SSSR count). The Bertz CT molecular complexity index is 830. The van der Waals surface area contributed by atoms with E-state index in [0.29, 0.717) is 18.1 Å². The first-order chi connectivity index (χ1) is 13.8. The summed E-state index contributed by atoms with van der Waals surface area (Å²) in [6.45, 7) is 10.8. The Morgan fingerprint density at radius 2 is 1.79 bits per heavy atom. The molecule has 29 heavy (non-hydrogen) atoms. The predicted octanol–water partition coefficient (Wildman–Crippen LogP) is 5.00. The highest BCUT2D eigenvalue weighted by molar-refractivity contribution is 7.99. The van der Waals surface area contributed by atoms with E-state index in [9.17, 15) is 4.79 Å². The van der Waals surface area contributed by atoms with Gasteiger partial charge in [-0.3, -0.25) is 4.79 Å². The van der Waals surface area contributed by atoms with Gasteiger partial charge in [0.1, 0.15) is 13.0 Å². The van der Waals surface area contributed by atoms with Gasteiger partial charge < -0.3 is 14.2 Å². The molecule has 0 heterocycles. The molecule has 0 bridgehead atoms. The molecule has 6 heteroatoms. The Kier molecular flexibility index (Phi) is 8.51. The number of ether oxygens (including phenoxy) is 3. The largest absolute Gasteiger partial charge is 0.493 e. The highest BCUT2D eigenvalue weighted by atomic mass is 32.2. The number of methoxy groups -OCH3 is 1. The Balaban J connectivity index is 2.32. The maximum Gasteiger partial charge on any atom is 0.310 e. The number of carbonyl (C=O) groups is 1. The molecule has 0 aromatic heterocycles. The highest BCUT2D eigenvalue weighted by Crippen LogP contribution is 2.36. The second-order valence-corrected chi connectivity index (χ2v) is 9.43. The predicted molar refractivity (Wildman–Crippen MR) is 122 cm³/mol. The average Bonchev–Trinajstić information content (AvgIpc) is 2.67. The van der Waals surface area contributed by atoms with E-state index in [2.05, 4.69) is 34.1 Å². The molecule has 0 unspecified atom stereocenters. The van der Waals surface area contributed by atoms with Gasteiger partial charge in [-0.2, -0.15) is 11.8 Å². The second kappa shape index (κ2) is 10.6. The van der Waals surface area contributed by atoms with Crippen molar-refractivity contribution < 1.29 is 19.0 Å². The molecule has 0 aliphatic rings. The van der Waals surface area contributed by atoms with Gasteiger partial charge in [-0.25, -0.2) is 0 Å². The van der Waals surface area contributed by atoms with Crippen molar-refractivity contribution >= 4 is 30.5 Å². The minimum atomic E-state index is -0.256. The molecule has 0 amide bonds. The van der Waals surface area contributed by atoms with Crippen LogP contribution in [0.1, 0.15) is 38.8 Å². The Labute approximate surface area is 179 Å². The lowest BCUT2D eigenvalue weighted by Crippen LogP contribution is -2.13. The highest BCUT2D eigenvalue weighted by Gasteiger charge is 2.16. The van der Waals surface area contributed by atoms with Gasteiger partial charge in [-0.1, -0.05) is 51.3 Å². The van der Waals surface area contributed by atoms with Crippen LogP contribution in [0, 0.1) is 0 Å². The second-order valence-electron chi connectivity index (χ2n) is 7.63. The van der Waals surface area contributed by atoms with Gasteiger partial charge in [0.25, 0.3) is 0 Å². The third-order valence-corrected chi connectivity index (χ3v) is 5.50. The third-order valence-electron chi connectivity index (χ3n) is 4.18. The lowest BCUT2D eigenvalue weighted by atomic mass is 9.73. The number of esters is 1. The smallest absolute Gasteiger partial charge is 0.310 e. The van der Waals surface area contributed by atoms with E-state index >= 15 is 0 Å². The van der Waals surface area contributed by atoms with Crippen LogP contribution < -0.4 is 14.9 Å². The van der Waals surface area contributed by atoms with Crippen LogP contribution in [0.4, 0.5) is 0 Å². The number of hydrogen-bond acceptors (Lipinski definition) is 5. The molecule has 0 atom stereocenters. The lowest BCUT2D eigenvalue weighted by Gasteiger charge is -2.20. The van der Waals surface area contributed by atoms with E-state index in [1.165, 1.54) is 0 Å². The average molecular weight is 413 g/mol. The maximum atomic E-state index is 11.8. The van der Waals surface area contributed by atoms with Crippen molar-refractivity contribution in [3.8, 4) is 17.2 Å². The van der Waals surface area contributed by atoms with E-state index in [0.717, 1.165) is 28.1 Å². The molecule has 0 spiro atoms. The molecule has 0 saturated heterocycles. The van der Waals surface area contributed by atoms with E-state index in [1.54, 1.807) is 14.0 Å². The summed E-state index contributed by atoms with van der Waals surface area (Å²) in [5.74, 6) is 2.58. The molecule has 2 aromatic rings. The van der Waals surface area contributed by atoms with Crippen molar-refractivity contribution in [2.45, 2.75) is 51.4 Å². The number of thioether (sulfide) groups is 1. The summed E-state index contributed by atoms with van der Waals surface area (Å²) in [4.78, 5) is 11.8. The minimum absolute atomic E-state index is 0.153. The van der Waals surface area contributed by atoms with E-state index < -0.39 is 0 Å². The van der Waals surface area contributed by atoms with Crippen LogP contribution in [0.3, 0.4) is 0 Å². The molecule has 0 N–H and O–H groups in total. The zero-order valence-corrected chi connectivity index (χ0v) is 19.0. The van der Waals surface area contributed by atoms with E-state index in [1.807, 2.05) is 48.9 Å². The Morgan fingerprint density at radius 3 is 2.41 bits per heavy atom. The first kappa shape index (κ1) is 23.2. The van der Waals surface area contributed by atoms with Gasteiger partial charge >= 0.3 is 5.97 Å². The van der Waals surface area contributed by atoms with Gasteiger partial charge in [0, 0.05) is 16.1 Å². The molecule has 0 saturated carbocycles. The minimum Gasteiger partial charge on any atom is -0.493 e. The fourth-order valence-electron chi connectivity index (χ4n) is 2.69. The van der Waals surface area contributed by atoms with Crippen molar-refractivity contribution in [3.63, 3.8) is 0 Å². The number of benzene rings is 2. The van der Waals surface area contributed by atoms with Gasteiger partial charge in [-0.05, 0) is 30.7 Å². The molecule has 4 nitrogen and oxygen atoms in total. The first-order valence-corrected chi connectivity index (χ1v) is 10.8. The zero-order chi connectivity index (χ0) is 21.4. The first-order valence-electron chi connectivity index (χ1n) is 9.82. The molecule has 1 radical (unpaired) electrons. The molecular formula is C23H30BO4S. The third kappa shape index (κ3) is 7.35. The standard InChI is InChI=1S/C23H30BO4S/c1-7-27-22(25)13-16-8-10-20(26-6)21(12-16)28-19-11-9-18(24-5)14-17(19)15-29-23(2,3)4/h8-12,14H,7,13,15H2,1-6H3. The number of hydrogen-bond donors (Lipinski definition) is 0. The van der Waals surface area contributed by atoms with Crippen LogP contribution in [0.25, 0.3) is 0 Å². The maximum absolute atomic E-state index is 11.8. The van der Waals surface area contributed by atoms with Gasteiger partial charge in [0.2, 0.25) is 0 Å². The summed E-state index contributed by atoms with van der Waals surface area (Å²) in [7, 11) is 3.69. The normalized spacial score (nSPS) is 11.1. The summed E-state index contributed by atoms with van der Waals surface area (Å²) < 4.78 is 17.0. The van der Waals surface area contributed by atoms with E-state index in [4.69, 9.17) is 14.2 Å². The summed E-state index contributed by atoms with van der Waals surface area (Å²) >= 11 is 1.87. The zero-order valence-electron chi connectivity index (χ0n) is 18.2. The van der Waals surface area contributed by atoms with Crippen LogP contribution in [0.2, 0.25) is 6.82 Å². The topological polar surface area (TPSA) is 44.8 Å². The summed E-state index contributed by atoms with van der Waals surface area (Å²) in [5.41, 5.74) is 3.10. The quantitative estimate of drug-likeness (QED) is 0.428. The molecule has 0 aliphatic carbocycles. The molecule has 2 aromatic carbocycles. The van der Waals surface area contributed by atoms with E-state index in [-0.39, 0.29) is 17.1 Å². The van der Waals surface area contributed by atoms with Gasteiger partial charge in [-0.15, -0.1) is 0 Å². The summed E-state index contributed by atoms with van der Waals surface area (Å²) in [6, 6.07) is 11.7. The SMILES string of the molecule is C[B]c1ccc(Oc2cc(CC(=O)OCC)ccc2OC)c(CSC(C)(C)C)c1. The Morgan fingerprint density at radius 1 is 1.07 bits per heavy atom. The Hall–Kier alpha value is -2.08. The molecular weight excluding hydrogens is 383 g/mol. The molecule has 0 fully saturated rings. The molecule has 0 aliphatic heterocycles. The van der Waals surface area contributed by atoms with Crippen LogP contribution in [-0.4, -0.2) is 31.7 Å². The van der Waals surface area contributed by atoms with Crippen molar-refractivity contribution in [1.82, 2.24) is 0 Å². The van der Waals surface area contributed by atoms with Crippen molar-refractivity contribution in [3.05, 3.63) is 47.5 Å². The van der Waals surface area contributed by atoms with Gasteiger partial charge in [0.05, 0.1) is 20.1 Å². The van der Waals surface area contributed by atoms with Crippen LogP contribution in [0.15, 0.2) is 36.4 Å². The van der Waals surface area contributed by atoms with Crippen LogP contribution in [-0.2, 0) is 21.7 Å². The molecule has 155 valence electrons. The number of rotatable bonds is 9. The van der Waals surface area contributed by atoms with Crippen LogP contribution in [0.5, 0.6) is 17.2 Å². The van der Waals surface area contributed by atoms with Gasteiger partial charge in [0.15, 0.2) is 11.5 Å². The van der Waals surface area contributed by atoms with Crippen molar-refractivity contribution in [2.24, 2.45) is 0 Å². The van der Waals surface area contributed by atoms with Crippen molar-refractivity contribution in [2.75, 3.05) is 13.7 Å². The summed E-state index contributed by atoms with van der Waals surface area (Å²) in [6.07, 6.45) is 0.199. The summed E-state index contributed by atoms with van der Waals surface area (Å²) in [5, 5.41) is 0. The lowest BCUT2D eigenvalue weighted by molar-refractivity contribution is -0.142. The fourth-order valence-corrected chi connectivity index (χ4v) is 3.51. The number of carbonyl (C=O) groups excluding carboxylic acids is 1. The van der Waals surface area contributed by atoms with Crippen molar-refractivity contribution in [1.29, 1.82) is 0 Å².